The summed E-state index contributed by atoms with van der Waals surface area (Å²) in [6, 6.07) is 10.2. The predicted octanol–water partition coefficient (Wildman–Crippen LogP) is 3.60. The zero-order valence-corrected chi connectivity index (χ0v) is 10.0. The minimum atomic E-state index is -0.223. The second-order valence-electron chi connectivity index (χ2n) is 3.32. The lowest BCUT2D eigenvalue weighted by Crippen LogP contribution is -2.01. The zero-order chi connectivity index (χ0) is 11.4. The third kappa shape index (κ3) is 2.79. The van der Waals surface area contributed by atoms with Gasteiger partial charge in [-0.05, 0) is 45.8 Å². The molecule has 2 aromatic rings. The molecule has 0 saturated heterocycles. The van der Waals surface area contributed by atoms with Crippen molar-refractivity contribution in [1.82, 2.24) is 4.98 Å². The fourth-order valence-electron chi connectivity index (χ4n) is 1.35. The third-order valence-corrected chi connectivity index (χ3v) is 2.75. The molecule has 4 heteroatoms. The summed E-state index contributed by atoms with van der Waals surface area (Å²) in [5.74, 6) is 0.533. The van der Waals surface area contributed by atoms with Crippen LogP contribution in [0.25, 0.3) is 0 Å². The van der Waals surface area contributed by atoms with Gasteiger partial charge in [-0.25, -0.2) is 9.37 Å². The largest absolute Gasteiger partial charge is 0.365 e. The lowest BCUT2D eigenvalue weighted by molar-refractivity contribution is 0.626. The molecule has 0 atom stereocenters. The summed E-state index contributed by atoms with van der Waals surface area (Å²) in [5.41, 5.74) is 0.887. The van der Waals surface area contributed by atoms with Crippen molar-refractivity contribution in [3.8, 4) is 0 Å². The van der Waals surface area contributed by atoms with E-state index in [2.05, 4.69) is 26.2 Å². The number of halogens is 2. The number of nitrogens with zero attached hydrogens (tertiary/aromatic N) is 1. The van der Waals surface area contributed by atoms with E-state index in [1.54, 1.807) is 12.3 Å². The minimum Gasteiger partial charge on any atom is -0.365 e. The Balaban J connectivity index is 2.05. The fraction of sp³-hybridized carbons (Fsp3) is 0.0833. The van der Waals surface area contributed by atoms with Gasteiger partial charge >= 0.3 is 0 Å². The van der Waals surface area contributed by atoms with Crippen LogP contribution in [0.4, 0.5) is 10.2 Å². The van der Waals surface area contributed by atoms with E-state index in [0.29, 0.717) is 6.54 Å². The summed E-state index contributed by atoms with van der Waals surface area (Å²) >= 11 is 3.39. The van der Waals surface area contributed by atoms with Crippen molar-refractivity contribution in [2.75, 3.05) is 5.32 Å². The highest BCUT2D eigenvalue weighted by Gasteiger charge is 2.00. The summed E-state index contributed by atoms with van der Waals surface area (Å²) in [5, 5.41) is 3.13. The summed E-state index contributed by atoms with van der Waals surface area (Å²) < 4.78 is 13.8. The smallest absolute Gasteiger partial charge is 0.140 e. The first-order valence-corrected chi connectivity index (χ1v) is 5.64. The number of benzene rings is 1. The first-order valence-electron chi connectivity index (χ1n) is 4.84. The maximum Gasteiger partial charge on any atom is 0.140 e. The van der Waals surface area contributed by atoms with Crippen LogP contribution in [0.3, 0.4) is 0 Å². The van der Waals surface area contributed by atoms with E-state index >= 15 is 0 Å². The van der Waals surface area contributed by atoms with Crippen molar-refractivity contribution in [3.63, 3.8) is 0 Å². The minimum absolute atomic E-state index is 0.223. The number of rotatable bonds is 3. The van der Waals surface area contributed by atoms with Gasteiger partial charge in [0.05, 0.1) is 4.47 Å². The highest BCUT2D eigenvalue weighted by molar-refractivity contribution is 9.10. The van der Waals surface area contributed by atoms with Crippen LogP contribution in [0.2, 0.25) is 0 Å². The lowest BCUT2D eigenvalue weighted by atomic mass is 10.2. The fourth-order valence-corrected chi connectivity index (χ4v) is 1.74. The Morgan fingerprint density at radius 1 is 1.25 bits per heavy atom. The van der Waals surface area contributed by atoms with Crippen LogP contribution in [0, 0.1) is 5.82 Å². The van der Waals surface area contributed by atoms with Crippen molar-refractivity contribution in [2.45, 2.75) is 6.54 Å². The molecule has 0 saturated carbocycles. The average molecular weight is 281 g/mol. The summed E-state index contributed by atoms with van der Waals surface area (Å²) in [6.45, 7) is 0.549. The highest BCUT2D eigenvalue weighted by atomic mass is 79.9. The summed E-state index contributed by atoms with van der Waals surface area (Å²) in [7, 11) is 0. The molecule has 16 heavy (non-hydrogen) atoms. The Kier molecular flexibility index (Phi) is 3.51. The van der Waals surface area contributed by atoms with E-state index < -0.39 is 0 Å². The van der Waals surface area contributed by atoms with Crippen molar-refractivity contribution in [1.29, 1.82) is 0 Å². The summed E-state index contributed by atoms with van der Waals surface area (Å²) in [4.78, 5) is 4.16. The molecule has 1 aromatic heterocycles. The topological polar surface area (TPSA) is 24.9 Å². The van der Waals surface area contributed by atoms with Crippen LogP contribution in [-0.4, -0.2) is 4.98 Å². The number of nitrogens with one attached hydrogen (secondary N) is 1. The van der Waals surface area contributed by atoms with Gasteiger partial charge < -0.3 is 5.32 Å². The highest BCUT2D eigenvalue weighted by Crippen LogP contribution is 2.19. The van der Waals surface area contributed by atoms with Crippen LogP contribution >= 0.6 is 15.9 Å². The maximum atomic E-state index is 12.9. The van der Waals surface area contributed by atoms with Gasteiger partial charge in [0.25, 0.3) is 0 Å². The van der Waals surface area contributed by atoms with Crippen LogP contribution in [0.1, 0.15) is 5.56 Å². The van der Waals surface area contributed by atoms with Gasteiger partial charge in [0.15, 0.2) is 0 Å². The van der Waals surface area contributed by atoms with Gasteiger partial charge in [-0.15, -0.1) is 0 Å². The van der Waals surface area contributed by atoms with E-state index in [9.17, 15) is 4.39 Å². The van der Waals surface area contributed by atoms with Gasteiger partial charge in [-0.1, -0.05) is 12.1 Å². The Bertz CT molecular complexity index is 488. The monoisotopic (exact) mass is 280 g/mol. The summed E-state index contributed by atoms with van der Waals surface area (Å²) in [6.07, 6.45) is 1.71. The molecule has 0 spiro atoms. The van der Waals surface area contributed by atoms with E-state index in [-0.39, 0.29) is 5.82 Å². The zero-order valence-electron chi connectivity index (χ0n) is 8.45. The molecule has 0 aliphatic carbocycles. The van der Waals surface area contributed by atoms with Gasteiger partial charge in [-0.3, -0.25) is 0 Å². The Morgan fingerprint density at radius 2 is 2.12 bits per heavy atom. The van der Waals surface area contributed by atoms with E-state index in [4.69, 9.17) is 0 Å². The Labute approximate surface area is 102 Å². The van der Waals surface area contributed by atoms with Crippen LogP contribution in [-0.2, 0) is 6.54 Å². The number of hydrogen-bond acceptors (Lipinski definition) is 2. The first-order chi connectivity index (χ1) is 7.75. The quantitative estimate of drug-likeness (QED) is 0.929. The average Bonchev–Trinajstić information content (AvgIpc) is 2.28. The molecular formula is C12H10BrFN2. The van der Waals surface area contributed by atoms with Crippen molar-refractivity contribution in [3.05, 3.63) is 58.4 Å². The number of aromatic nitrogens is 1. The number of hydrogen-bond donors (Lipinski definition) is 1. The normalized spacial score (nSPS) is 10.1. The van der Waals surface area contributed by atoms with Crippen molar-refractivity contribution in [2.24, 2.45) is 0 Å². The molecule has 1 heterocycles. The first kappa shape index (κ1) is 11.1. The van der Waals surface area contributed by atoms with E-state index in [1.807, 2.05) is 18.2 Å². The second kappa shape index (κ2) is 5.07. The molecule has 82 valence electrons. The molecule has 2 rings (SSSR count). The molecule has 0 fully saturated rings. The van der Waals surface area contributed by atoms with Crippen molar-refractivity contribution < 1.29 is 4.39 Å². The van der Waals surface area contributed by atoms with Gasteiger partial charge in [0, 0.05) is 12.7 Å². The molecular weight excluding hydrogens is 271 g/mol. The maximum absolute atomic E-state index is 12.9. The van der Waals surface area contributed by atoms with E-state index in [0.717, 1.165) is 15.9 Å². The van der Waals surface area contributed by atoms with Gasteiger partial charge in [0.2, 0.25) is 0 Å². The molecule has 1 aromatic carbocycles. The Morgan fingerprint density at radius 3 is 2.88 bits per heavy atom. The van der Waals surface area contributed by atoms with Crippen LogP contribution < -0.4 is 5.32 Å². The SMILES string of the molecule is Fc1cccc(CNc2ncccc2Br)c1. The van der Waals surface area contributed by atoms with Gasteiger partial charge in [0.1, 0.15) is 11.6 Å². The molecule has 0 bridgehead atoms. The Hall–Kier alpha value is -1.42. The van der Waals surface area contributed by atoms with E-state index in [1.165, 1.54) is 12.1 Å². The molecule has 0 aliphatic heterocycles. The number of pyridine rings is 1. The van der Waals surface area contributed by atoms with Crippen LogP contribution in [0.15, 0.2) is 47.1 Å². The molecule has 1 N–H and O–H groups in total. The predicted molar refractivity (Wildman–Crippen MR) is 65.7 cm³/mol. The van der Waals surface area contributed by atoms with Gasteiger partial charge in [-0.2, -0.15) is 0 Å². The number of anilines is 1. The second-order valence-corrected chi connectivity index (χ2v) is 4.17. The van der Waals surface area contributed by atoms with Crippen LogP contribution in [0.5, 0.6) is 0 Å². The molecule has 0 amide bonds. The lowest BCUT2D eigenvalue weighted by Gasteiger charge is -2.07. The standard InChI is InChI=1S/C12H10BrFN2/c13-11-5-2-6-15-12(11)16-8-9-3-1-4-10(14)7-9/h1-7H,8H2,(H,15,16). The third-order valence-electron chi connectivity index (χ3n) is 2.11. The van der Waals surface area contributed by atoms with Crippen molar-refractivity contribution >= 4 is 21.7 Å². The molecule has 0 radical (unpaired) electrons. The molecule has 2 nitrogen and oxygen atoms in total. The molecule has 0 unspecified atom stereocenters. The molecule has 0 aliphatic rings.